The zero-order valence-corrected chi connectivity index (χ0v) is 12.6. The van der Waals surface area contributed by atoms with E-state index in [1.165, 1.54) is 11.3 Å². The molecule has 0 aromatic carbocycles. The van der Waals surface area contributed by atoms with Crippen LogP contribution in [0.1, 0.15) is 35.9 Å². The average molecular weight is 306 g/mol. The number of aliphatic carboxylic acids is 1. The minimum Gasteiger partial charge on any atom is -0.480 e. The smallest absolute Gasteiger partial charge is 0.326 e. The van der Waals surface area contributed by atoms with Gasteiger partial charge in [0.15, 0.2) is 0 Å². The molecule has 1 atom stereocenters. The predicted octanol–water partition coefficient (Wildman–Crippen LogP) is 2.91. The predicted molar refractivity (Wildman–Crippen MR) is 82.1 cm³/mol. The number of nitrogens with one attached hydrogen (secondary N) is 1. The van der Waals surface area contributed by atoms with Gasteiger partial charge in [-0.2, -0.15) is 0 Å². The lowest BCUT2D eigenvalue weighted by Gasteiger charge is -2.14. The van der Waals surface area contributed by atoms with Crippen LogP contribution in [0.2, 0.25) is 0 Å². The van der Waals surface area contributed by atoms with Crippen LogP contribution in [-0.4, -0.2) is 27.6 Å². The van der Waals surface area contributed by atoms with Crippen molar-refractivity contribution in [3.63, 3.8) is 0 Å². The highest BCUT2D eigenvalue weighted by atomic mass is 32.1. The van der Waals surface area contributed by atoms with E-state index in [1.807, 2.05) is 47.5 Å². The van der Waals surface area contributed by atoms with E-state index in [1.54, 1.807) is 0 Å². The first-order chi connectivity index (χ1) is 10.1. The van der Waals surface area contributed by atoms with Crippen LogP contribution >= 0.6 is 11.3 Å². The zero-order valence-electron chi connectivity index (χ0n) is 11.8. The van der Waals surface area contributed by atoms with E-state index < -0.39 is 12.0 Å². The summed E-state index contributed by atoms with van der Waals surface area (Å²) in [6.07, 6.45) is 5.82. The van der Waals surface area contributed by atoms with Gasteiger partial charge in [0, 0.05) is 12.4 Å². The van der Waals surface area contributed by atoms with Gasteiger partial charge < -0.3 is 15.0 Å². The Hall–Kier alpha value is -2.08. The van der Waals surface area contributed by atoms with Crippen LogP contribution in [0.3, 0.4) is 0 Å². The topological polar surface area (TPSA) is 71.3 Å². The molecule has 2 aromatic rings. The molecule has 2 heterocycles. The third-order valence-electron chi connectivity index (χ3n) is 3.18. The van der Waals surface area contributed by atoms with Crippen LogP contribution in [0.25, 0.3) is 5.69 Å². The molecule has 6 heteroatoms. The molecule has 0 aliphatic carbocycles. The molecule has 21 heavy (non-hydrogen) atoms. The Labute approximate surface area is 127 Å². The van der Waals surface area contributed by atoms with Crippen molar-refractivity contribution in [2.75, 3.05) is 0 Å². The van der Waals surface area contributed by atoms with Crippen molar-refractivity contribution in [3.8, 4) is 5.69 Å². The highest BCUT2D eigenvalue weighted by Crippen LogP contribution is 2.21. The van der Waals surface area contributed by atoms with Crippen LogP contribution in [0.15, 0.2) is 36.0 Å². The second kappa shape index (κ2) is 7.08. The molecule has 112 valence electrons. The van der Waals surface area contributed by atoms with Crippen LogP contribution in [0, 0.1) is 0 Å². The number of carbonyl (C=O) groups is 2. The van der Waals surface area contributed by atoms with Crippen molar-refractivity contribution in [2.24, 2.45) is 0 Å². The van der Waals surface area contributed by atoms with E-state index in [0.29, 0.717) is 11.3 Å². The van der Waals surface area contributed by atoms with Gasteiger partial charge >= 0.3 is 5.97 Å². The maximum atomic E-state index is 12.3. The summed E-state index contributed by atoms with van der Waals surface area (Å²) in [4.78, 5) is 24.1. The Balaban J connectivity index is 2.13. The molecule has 0 bridgehead atoms. The first kappa shape index (κ1) is 15.3. The molecular formula is C15H18N2O3S. The molecule has 0 saturated heterocycles. The Kier molecular flexibility index (Phi) is 5.16. The molecule has 0 aliphatic rings. The van der Waals surface area contributed by atoms with Crippen molar-refractivity contribution >= 4 is 23.2 Å². The first-order valence-corrected chi connectivity index (χ1v) is 7.76. The normalized spacial score (nSPS) is 12.0. The summed E-state index contributed by atoms with van der Waals surface area (Å²) in [5.74, 6) is -1.33. The maximum absolute atomic E-state index is 12.3. The number of amides is 1. The Morgan fingerprint density at radius 3 is 2.71 bits per heavy atom. The van der Waals surface area contributed by atoms with Gasteiger partial charge in [0.1, 0.15) is 10.9 Å². The summed E-state index contributed by atoms with van der Waals surface area (Å²) >= 11 is 1.31. The summed E-state index contributed by atoms with van der Waals surface area (Å²) in [6, 6.07) is 4.76. The minimum atomic E-state index is -0.990. The molecule has 1 unspecified atom stereocenters. The van der Waals surface area contributed by atoms with Gasteiger partial charge in [-0.05, 0) is 30.0 Å². The number of aromatic nitrogens is 1. The van der Waals surface area contributed by atoms with E-state index in [0.717, 1.165) is 18.5 Å². The molecule has 0 radical (unpaired) electrons. The molecule has 2 rings (SSSR count). The van der Waals surface area contributed by atoms with Crippen LogP contribution in [-0.2, 0) is 4.79 Å². The van der Waals surface area contributed by atoms with Gasteiger partial charge in [0.25, 0.3) is 5.91 Å². The number of unbranched alkanes of at least 4 members (excludes halogenated alkanes) is 1. The molecule has 5 nitrogen and oxygen atoms in total. The molecule has 2 N–H and O–H groups in total. The third kappa shape index (κ3) is 3.72. The van der Waals surface area contributed by atoms with Gasteiger partial charge in [-0.3, -0.25) is 4.79 Å². The first-order valence-electron chi connectivity index (χ1n) is 6.88. The lowest BCUT2D eigenvalue weighted by molar-refractivity contribution is -0.139. The number of rotatable bonds is 7. The van der Waals surface area contributed by atoms with Crippen molar-refractivity contribution in [2.45, 2.75) is 32.2 Å². The summed E-state index contributed by atoms with van der Waals surface area (Å²) < 4.78 is 1.84. The number of carboxylic acids is 1. The molecule has 0 fully saturated rings. The molecule has 2 aromatic heterocycles. The molecule has 0 saturated carbocycles. The summed E-state index contributed by atoms with van der Waals surface area (Å²) in [6.45, 7) is 1.99. The van der Waals surface area contributed by atoms with Crippen LogP contribution in [0.5, 0.6) is 0 Å². The second-order valence-corrected chi connectivity index (χ2v) is 5.65. The van der Waals surface area contributed by atoms with E-state index in [2.05, 4.69) is 5.32 Å². The lowest BCUT2D eigenvalue weighted by atomic mass is 10.1. The fourth-order valence-electron chi connectivity index (χ4n) is 2.06. The lowest BCUT2D eigenvalue weighted by Crippen LogP contribution is -2.40. The van der Waals surface area contributed by atoms with Gasteiger partial charge in [-0.1, -0.05) is 19.8 Å². The molecular weight excluding hydrogens is 288 g/mol. The molecule has 0 aliphatic heterocycles. The van der Waals surface area contributed by atoms with Gasteiger partial charge in [-0.25, -0.2) is 4.79 Å². The highest BCUT2D eigenvalue weighted by molar-refractivity contribution is 7.12. The van der Waals surface area contributed by atoms with E-state index in [-0.39, 0.29) is 5.91 Å². The highest BCUT2D eigenvalue weighted by Gasteiger charge is 2.22. The van der Waals surface area contributed by atoms with Crippen LogP contribution in [0.4, 0.5) is 0 Å². The maximum Gasteiger partial charge on any atom is 0.326 e. The van der Waals surface area contributed by atoms with E-state index >= 15 is 0 Å². The summed E-state index contributed by atoms with van der Waals surface area (Å²) in [7, 11) is 0. The third-order valence-corrected chi connectivity index (χ3v) is 4.09. The number of hydrogen-bond acceptors (Lipinski definition) is 3. The molecule has 0 spiro atoms. The van der Waals surface area contributed by atoms with E-state index in [4.69, 9.17) is 0 Å². The fourth-order valence-corrected chi connectivity index (χ4v) is 2.85. The number of thiophene rings is 1. The van der Waals surface area contributed by atoms with Gasteiger partial charge in [0.2, 0.25) is 0 Å². The van der Waals surface area contributed by atoms with Crippen molar-refractivity contribution in [1.82, 2.24) is 9.88 Å². The van der Waals surface area contributed by atoms with Crippen LogP contribution < -0.4 is 5.32 Å². The second-order valence-electron chi connectivity index (χ2n) is 4.73. The number of carboxylic acid groups (broad SMARTS) is 1. The van der Waals surface area contributed by atoms with Crippen molar-refractivity contribution in [1.29, 1.82) is 0 Å². The zero-order chi connectivity index (χ0) is 15.2. The monoisotopic (exact) mass is 306 g/mol. The Morgan fingerprint density at radius 2 is 2.10 bits per heavy atom. The SMILES string of the molecule is CCCCC(NC(=O)c1sccc1-n1cccc1)C(=O)O. The quantitative estimate of drug-likeness (QED) is 0.826. The number of nitrogens with zero attached hydrogens (tertiary/aromatic N) is 1. The fraction of sp³-hybridized carbons (Fsp3) is 0.333. The minimum absolute atomic E-state index is 0.336. The largest absolute Gasteiger partial charge is 0.480 e. The summed E-state index contributed by atoms with van der Waals surface area (Å²) in [5, 5.41) is 13.6. The molecule has 1 amide bonds. The summed E-state index contributed by atoms with van der Waals surface area (Å²) in [5.41, 5.74) is 0.766. The van der Waals surface area contributed by atoms with E-state index in [9.17, 15) is 14.7 Å². The average Bonchev–Trinajstić information content (AvgIpc) is 3.11. The van der Waals surface area contributed by atoms with Crippen molar-refractivity contribution < 1.29 is 14.7 Å². The number of hydrogen-bond donors (Lipinski definition) is 2. The van der Waals surface area contributed by atoms with Gasteiger partial charge in [-0.15, -0.1) is 11.3 Å². The van der Waals surface area contributed by atoms with Crippen molar-refractivity contribution in [3.05, 3.63) is 40.8 Å². The Morgan fingerprint density at radius 1 is 1.38 bits per heavy atom. The standard InChI is InChI=1S/C15H18N2O3S/c1-2-3-6-11(15(19)20)16-14(18)13-12(7-10-21-13)17-8-4-5-9-17/h4-5,7-11H,2-3,6H2,1H3,(H,16,18)(H,19,20). The number of carbonyl (C=O) groups excluding carboxylic acids is 1. The van der Waals surface area contributed by atoms with Gasteiger partial charge in [0.05, 0.1) is 5.69 Å². The Bertz CT molecular complexity index is 604.